The van der Waals surface area contributed by atoms with Gasteiger partial charge < -0.3 is 21.1 Å². The maximum Gasteiger partial charge on any atom is 0.255 e. The van der Waals surface area contributed by atoms with Crippen LogP contribution in [-0.4, -0.2) is 69.2 Å². The van der Waals surface area contributed by atoms with Crippen LogP contribution >= 0.6 is 0 Å². The summed E-state index contributed by atoms with van der Waals surface area (Å²) in [6.07, 6.45) is 0.294. The zero-order valence-corrected chi connectivity index (χ0v) is 17.9. The molecule has 9 nitrogen and oxygen atoms in total. The number of nitrogens with zero attached hydrogens (tertiary/aromatic N) is 1. The molecule has 32 heavy (non-hydrogen) atoms. The molecule has 9 heteroatoms. The predicted octanol–water partition coefficient (Wildman–Crippen LogP) is 0.618. The molecule has 3 aliphatic carbocycles. The Labute approximate surface area is 183 Å². The van der Waals surface area contributed by atoms with Crippen molar-refractivity contribution in [2.45, 2.75) is 31.4 Å². The Morgan fingerprint density at radius 2 is 1.84 bits per heavy atom. The third kappa shape index (κ3) is 2.71. The van der Waals surface area contributed by atoms with Crippen molar-refractivity contribution in [2.24, 2.45) is 17.6 Å². The van der Waals surface area contributed by atoms with Crippen LogP contribution in [0.4, 0.5) is 0 Å². The number of aliphatic hydroxyl groups excluding tert-OH is 2. The fraction of sp³-hybridized carbons (Fsp3) is 0.391. The van der Waals surface area contributed by atoms with Crippen LogP contribution < -0.4 is 5.73 Å². The molecule has 1 aromatic carbocycles. The van der Waals surface area contributed by atoms with Gasteiger partial charge in [-0.15, -0.1) is 0 Å². The number of primary amides is 1. The first-order valence-electron chi connectivity index (χ1n) is 10.2. The van der Waals surface area contributed by atoms with E-state index >= 15 is 0 Å². The van der Waals surface area contributed by atoms with Crippen LogP contribution in [0.25, 0.3) is 0 Å². The number of carbonyl (C=O) groups is 4. The molecule has 0 heterocycles. The van der Waals surface area contributed by atoms with Crippen molar-refractivity contribution in [1.82, 2.24) is 4.90 Å². The molecule has 0 bridgehead atoms. The molecule has 3 aliphatic rings. The number of amides is 1. The lowest BCUT2D eigenvalue weighted by Gasteiger charge is -2.50. The third-order valence-electron chi connectivity index (χ3n) is 6.89. The Bertz CT molecular complexity index is 1160. The van der Waals surface area contributed by atoms with Crippen LogP contribution in [0.2, 0.25) is 0 Å². The van der Waals surface area contributed by atoms with Gasteiger partial charge in [-0.25, -0.2) is 0 Å². The van der Waals surface area contributed by atoms with Crippen molar-refractivity contribution in [1.29, 1.82) is 0 Å². The van der Waals surface area contributed by atoms with E-state index < -0.39 is 58.0 Å². The van der Waals surface area contributed by atoms with E-state index in [1.165, 1.54) is 17.9 Å². The van der Waals surface area contributed by atoms with E-state index in [-0.39, 0.29) is 29.8 Å². The van der Waals surface area contributed by atoms with E-state index in [0.717, 1.165) is 0 Å². The molecule has 0 spiro atoms. The van der Waals surface area contributed by atoms with Gasteiger partial charge in [0.15, 0.2) is 17.2 Å². The molecule has 0 saturated heterocycles. The van der Waals surface area contributed by atoms with E-state index in [9.17, 15) is 34.5 Å². The Morgan fingerprint density at radius 1 is 1.19 bits per heavy atom. The van der Waals surface area contributed by atoms with Gasteiger partial charge in [-0.05, 0) is 45.3 Å². The zero-order chi connectivity index (χ0) is 23.7. The number of likely N-dealkylation sites (N-methyl/N-ethyl adjacent to an activating group) is 1. The Balaban J connectivity index is 1.96. The normalized spacial score (nSPS) is 29.6. The first-order chi connectivity index (χ1) is 14.9. The summed E-state index contributed by atoms with van der Waals surface area (Å²) in [6.45, 7) is 1.40. The van der Waals surface area contributed by atoms with Crippen LogP contribution in [0.1, 0.15) is 39.6 Å². The van der Waals surface area contributed by atoms with Crippen LogP contribution in [-0.2, 0) is 16.0 Å². The minimum absolute atomic E-state index is 0.0536. The lowest BCUT2D eigenvalue weighted by Crippen LogP contribution is -2.63. The molecular weight excluding hydrogens is 416 g/mol. The van der Waals surface area contributed by atoms with E-state index in [1.54, 1.807) is 26.2 Å². The summed E-state index contributed by atoms with van der Waals surface area (Å²) < 4.78 is 0. The second-order valence-electron chi connectivity index (χ2n) is 8.85. The summed E-state index contributed by atoms with van der Waals surface area (Å²) in [5.74, 6) is -6.32. The molecule has 4 rings (SSSR count). The largest absolute Gasteiger partial charge is 0.510 e. The van der Waals surface area contributed by atoms with Crippen molar-refractivity contribution in [3.05, 3.63) is 57.6 Å². The molecular formula is C23H24N2O7. The monoisotopic (exact) mass is 440 g/mol. The maximum atomic E-state index is 13.3. The molecule has 2 unspecified atom stereocenters. The number of fused-ring (bicyclic) bond motifs is 3. The third-order valence-corrected chi connectivity index (χ3v) is 6.89. The number of ketones is 3. The van der Waals surface area contributed by atoms with Crippen LogP contribution in [0.3, 0.4) is 0 Å². The van der Waals surface area contributed by atoms with E-state index in [2.05, 4.69) is 0 Å². The van der Waals surface area contributed by atoms with Gasteiger partial charge in [0.1, 0.15) is 17.1 Å². The SMILES string of the molecule is CC(=O)c1cccc2c1CC1CC3[C@H](N(C)C)C(O)=C(C(N)=O)C(=O)[C@@]3(O)C(O)=C1C2=O. The van der Waals surface area contributed by atoms with E-state index in [1.807, 2.05) is 0 Å². The summed E-state index contributed by atoms with van der Waals surface area (Å²) in [7, 11) is 3.17. The number of nitrogens with two attached hydrogens (primary N) is 1. The number of benzene rings is 1. The minimum Gasteiger partial charge on any atom is -0.510 e. The molecule has 1 aromatic rings. The van der Waals surface area contributed by atoms with Gasteiger partial charge in [0.2, 0.25) is 5.78 Å². The quantitative estimate of drug-likeness (QED) is 0.393. The van der Waals surface area contributed by atoms with Gasteiger partial charge >= 0.3 is 0 Å². The summed E-state index contributed by atoms with van der Waals surface area (Å²) >= 11 is 0. The van der Waals surface area contributed by atoms with Gasteiger partial charge in [0.05, 0.1) is 6.04 Å². The summed E-state index contributed by atoms with van der Waals surface area (Å²) in [4.78, 5) is 52.0. The lowest BCUT2D eigenvalue weighted by atomic mass is 9.58. The molecule has 0 aliphatic heterocycles. The van der Waals surface area contributed by atoms with Crippen molar-refractivity contribution < 1.29 is 34.5 Å². The average Bonchev–Trinajstić information content (AvgIpc) is 2.70. The predicted molar refractivity (Wildman–Crippen MR) is 112 cm³/mol. The molecule has 168 valence electrons. The Morgan fingerprint density at radius 3 is 2.41 bits per heavy atom. The van der Waals surface area contributed by atoms with Crippen molar-refractivity contribution in [2.75, 3.05) is 14.1 Å². The second kappa shape index (κ2) is 7.11. The van der Waals surface area contributed by atoms with E-state index in [0.29, 0.717) is 11.1 Å². The van der Waals surface area contributed by atoms with Crippen molar-refractivity contribution >= 4 is 23.3 Å². The highest BCUT2D eigenvalue weighted by Crippen LogP contribution is 2.51. The molecule has 1 amide bonds. The van der Waals surface area contributed by atoms with Crippen LogP contribution in [0.15, 0.2) is 40.9 Å². The standard InChI is InChI=1S/C23H24N2O7/c1-9(26)11-5-4-6-12-13(11)7-10-8-14-17(25(2)3)19(28)16(22(24)31)21(30)23(14,32)20(29)15(10)18(12)27/h4-6,10,14,17,28-29,32H,7-8H2,1-3H3,(H2,24,31)/t10?,14?,17-,23-/m0/s1. The van der Waals surface area contributed by atoms with Crippen molar-refractivity contribution in [3.8, 4) is 0 Å². The average molecular weight is 440 g/mol. The zero-order valence-electron chi connectivity index (χ0n) is 17.9. The van der Waals surface area contributed by atoms with E-state index in [4.69, 9.17) is 5.73 Å². The van der Waals surface area contributed by atoms with Gasteiger partial charge in [-0.3, -0.25) is 24.1 Å². The van der Waals surface area contributed by atoms with Gasteiger partial charge in [-0.1, -0.05) is 18.2 Å². The number of hydrogen-bond donors (Lipinski definition) is 4. The number of allylic oxidation sites excluding steroid dienone is 1. The first-order valence-corrected chi connectivity index (χ1v) is 10.2. The molecule has 0 aromatic heterocycles. The second-order valence-corrected chi connectivity index (χ2v) is 8.85. The molecule has 0 radical (unpaired) electrons. The minimum atomic E-state index is -2.59. The fourth-order valence-corrected chi connectivity index (χ4v) is 5.51. The number of carbonyl (C=O) groups excluding carboxylic acids is 4. The topological polar surface area (TPSA) is 158 Å². The summed E-state index contributed by atoms with van der Waals surface area (Å²) in [5, 5.41) is 33.3. The summed E-state index contributed by atoms with van der Waals surface area (Å²) in [6, 6.07) is 3.71. The molecule has 5 N–H and O–H groups in total. The highest BCUT2D eigenvalue weighted by atomic mass is 16.3. The number of Topliss-reactive ketones (excluding diaryl/α,β-unsaturated/α-hetero) is 3. The Kier molecular flexibility index (Phi) is 4.87. The lowest BCUT2D eigenvalue weighted by molar-refractivity contribution is -0.148. The fourth-order valence-electron chi connectivity index (χ4n) is 5.51. The number of hydrogen-bond acceptors (Lipinski definition) is 8. The maximum absolute atomic E-state index is 13.3. The smallest absolute Gasteiger partial charge is 0.255 e. The molecule has 0 saturated carbocycles. The van der Waals surface area contributed by atoms with Crippen LogP contribution in [0.5, 0.6) is 0 Å². The highest BCUT2D eigenvalue weighted by Gasteiger charge is 2.63. The van der Waals surface area contributed by atoms with Gasteiger partial charge in [0.25, 0.3) is 5.91 Å². The molecule has 0 fully saturated rings. The summed E-state index contributed by atoms with van der Waals surface area (Å²) in [5.41, 5.74) is 2.97. The van der Waals surface area contributed by atoms with Gasteiger partial charge in [-0.2, -0.15) is 0 Å². The van der Waals surface area contributed by atoms with Crippen LogP contribution in [0, 0.1) is 11.8 Å². The number of aliphatic hydroxyl groups is 3. The molecule has 4 atom stereocenters. The Hall–Kier alpha value is -3.30. The number of rotatable bonds is 3. The van der Waals surface area contributed by atoms with Gasteiger partial charge in [0, 0.05) is 22.6 Å². The first kappa shape index (κ1) is 21.9. The van der Waals surface area contributed by atoms with Crippen molar-refractivity contribution in [3.63, 3.8) is 0 Å². The highest BCUT2D eigenvalue weighted by molar-refractivity contribution is 6.24.